The molecule has 2 rings (SSSR count). The van der Waals surface area contributed by atoms with Gasteiger partial charge in [-0.2, -0.15) is 0 Å². The second-order valence-corrected chi connectivity index (χ2v) is 8.55. The monoisotopic (exact) mass is 430 g/mol. The van der Waals surface area contributed by atoms with Gasteiger partial charge in [0.2, 0.25) is 0 Å². The van der Waals surface area contributed by atoms with E-state index in [0.29, 0.717) is 20.1 Å². The summed E-state index contributed by atoms with van der Waals surface area (Å²) >= 11 is 26.3. The van der Waals surface area contributed by atoms with E-state index in [4.69, 9.17) is 46.4 Å². The molecule has 0 bridgehead atoms. The molecule has 0 spiro atoms. The summed E-state index contributed by atoms with van der Waals surface area (Å²) in [5.74, 6) is 0. The molecule has 0 N–H and O–H groups in total. The average molecular weight is 432 g/mol. The predicted molar refractivity (Wildman–Crippen MR) is 116 cm³/mol. The lowest BCUT2D eigenvalue weighted by molar-refractivity contribution is 0.917. The highest BCUT2D eigenvalue weighted by atomic mass is 35.5. The number of halogens is 4. The molecule has 2 unspecified atom stereocenters. The first-order valence-electron chi connectivity index (χ1n) is 7.73. The molecule has 0 saturated carbocycles. The fraction of sp³-hybridized carbons (Fsp3) is 0.200. The van der Waals surface area contributed by atoms with E-state index < -0.39 is 0 Å². The molecule has 0 aromatic heterocycles. The van der Waals surface area contributed by atoms with Crippen molar-refractivity contribution in [3.8, 4) is 0 Å². The van der Waals surface area contributed by atoms with Crippen LogP contribution in [0.25, 0.3) is 0 Å². The van der Waals surface area contributed by atoms with Gasteiger partial charge in [-0.3, -0.25) is 0 Å². The third-order valence-electron chi connectivity index (χ3n) is 3.72. The first kappa shape index (κ1) is 20.7. The Bertz CT molecular complexity index is 694. The van der Waals surface area contributed by atoms with Crippen LogP contribution in [-0.4, -0.2) is 0 Å². The Morgan fingerprint density at radius 3 is 1.44 bits per heavy atom. The molecule has 132 valence electrons. The van der Waals surface area contributed by atoms with Crippen molar-refractivity contribution in [1.29, 1.82) is 0 Å². The highest BCUT2D eigenvalue weighted by Gasteiger charge is 2.20. The van der Waals surface area contributed by atoms with E-state index in [1.54, 1.807) is 0 Å². The predicted octanol–water partition coefficient (Wildman–Crippen LogP) is 8.97. The first-order valence-corrected chi connectivity index (χ1v) is 10.2. The maximum atomic E-state index is 6.20. The fourth-order valence-electron chi connectivity index (χ4n) is 2.47. The van der Waals surface area contributed by atoms with Gasteiger partial charge in [-0.1, -0.05) is 70.7 Å². The Morgan fingerprint density at radius 1 is 0.720 bits per heavy atom. The van der Waals surface area contributed by atoms with E-state index in [1.807, 2.05) is 60.3 Å². The second-order valence-electron chi connectivity index (χ2n) is 5.51. The van der Waals surface area contributed by atoms with Gasteiger partial charge in [-0.15, -0.1) is 24.9 Å². The molecule has 0 heterocycles. The van der Waals surface area contributed by atoms with Gasteiger partial charge < -0.3 is 0 Å². The third-order valence-corrected chi connectivity index (χ3v) is 6.79. The zero-order chi connectivity index (χ0) is 18.4. The Morgan fingerprint density at radius 2 is 1.12 bits per heavy atom. The molecule has 0 radical (unpaired) electrons. The quantitative estimate of drug-likeness (QED) is 0.375. The molecule has 0 amide bonds. The third kappa shape index (κ3) is 5.70. The fourth-order valence-corrected chi connectivity index (χ4v) is 4.58. The maximum Gasteiger partial charge on any atom is 0.0595 e. The molecule has 2 atom stereocenters. The number of hydrogen-bond acceptors (Lipinski definition) is 1. The van der Waals surface area contributed by atoms with Crippen LogP contribution in [0.2, 0.25) is 20.1 Å². The van der Waals surface area contributed by atoms with Crippen molar-refractivity contribution in [2.24, 2.45) is 0 Å². The van der Waals surface area contributed by atoms with Gasteiger partial charge in [0.25, 0.3) is 0 Å². The van der Waals surface area contributed by atoms with Crippen LogP contribution in [0.3, 0.4) is 0 Å². The van der Waals surface area contributed by atoms with Crippen LogP contribution in [0.4, 0.5) is 0 Å². The standard InChI is InChI=1S/C20H18Cl4S/c1-3-5-19(13-7-9-15(21)17(23)11-13)25-20(6-4-2)14-8-10-16(22)18(24)12-14/h3-4,7-12,19-20H,1-2,5-6H2. The lowest BCUT2D eigenvalue weighted by atomic mass is 10.1. The summed E-state index contributed by atoms with van der Waals surface area (Å²) in [6.45, 7) is 7.77. The summed E-state index contributed by atoms with van der Waals surface area (Å²) in [5, 5.41) is 2.63. The summed E-state index contributed by atoms with van der Waals surface area (Å²) in [6.07, 6.45) is 5.47. The van der Waals surface area contributed by atoms with Gasteiger partial charge >= 0.3 is 0 Å². The minimum atomic E-state index is 0.201. The largest absolute Gasteiger partial charge is 0.145 e. The molecular formula is C20H18Cl4S. The molecule has 5 heteroatoms. The number of thioether (sulfide) groups is 1. The van der Waals surface area contributed by atoms with Crippen molar-refractivity contribution in [2.45, 2.75) is 23.3 Å². The number of benzene rings is 2. The van der Waals surface area contributed by atoms with Gasteiger partial charge in [0.1, 0.15) is 0 Å². The van der Waals surface area contributed by atoms with Crippen LogP contribution >= 0.6 is 58.2 Å². The number of allylic oxidation sites excluding steroid dienone is 2. The molecular weight excluding hydrogens is 414 g/mol. The number of rotatable bonds is 8. The van der Waals surface area contributed by atoms with E-state index in [0.717, 1.165) is 24.0 Å². The van der Waals surface area contributed by atoms with Crippen LogP contribution in [-0.2, 0) is 0 Å². The molecule has 0 aliphatic rings. The zero-order valence-electron chi connectivity index (χ0n) is 13.5. The van der Waals surface area contributed by atoms with E-state index >= 15 is 0 Å². The molecule has 0 nitrogen and oxygen atoms in total. The van der Waals surface area contributed by atoms with E-state index in [9.17, 15) is 0 Å². The zero-order valence-corrected chi connectivity index (χ0v) is 17.4. The second kappa shape index (κ2) is 9.94. The van der Waals surface area contributed by atoms with E-state index in [2.05, 4.69) is 13.2 Å². The Balaban J connectivity index is 2.32. The molecule has 25 heavy (non-hydrogen) atoms. The number of hydrogen-bond donors (Lipinski definition) is 0. The van der Waals surface area contributed by atoms with Crippen LogP contribution < -0.4 is 0 Å². The molecule has 0 fully saturated rings. The molecule has 2 aromatic carbocycles. The SMILES string of the molecule is C=CCC(SC(CC=C)c1ccc(Cl)c(Cl)c1)c1ccc(Cl)c(Cl)c1. The van der Waals surface area contributed by atoms with Crippen LogP contribution in [0.5, 0.6) is 0 Å². The lowest BCUT2D eigenvalue weighted by Crippen LogP contribution is -2.00. The van der Waals surface area contributed by atoms with Crippen molar-refractivity contribution in [3.63, 3.8) is 0 Å². The van der Waals surface area contributed by atoms with Crippen molar-refractivity contribution in [1.82, 2.24) is 0 Å². The smallest absolute Gasteiger partial charge is 0.0595 e. The highest BCUT2D eigenvalue weighted by molar-refractivity contribution is 7.99. The first-order chi connectivity index (χ1) is 12.0. The Labute approximate surface area is 173 Å². The van der Waals surface area contributed by atoms with Crippen molar-refractivity contribution < 1.29 is 0 Å². The van der Waals surface area contributed by atoms with Crippen LogP contribution in [0.1, 0.15) is 34.5 Å². The summed E-state index contributed by atoms with van der Waals surface area (Å²) in [7, 11) is 0. The molecule has 0 aliphatic heterocycles. The van der Waals surface area contributed by atoms with E-state index in [-0.39, 0.29) is 10.5 Å². The van der Waals surface area contributed by atoms with Gasteiger partial charge in [0, 0.05) is 10.5 Å². The molecule has 0 aliphatic carbocycles. The van der Waals surface area contributed by atoms with Crippen LogP contribution in [0.15, 0.2) is 61.7 Å². The molecule has 0 saturated heterocycles. The van der Waals surface area contributed by atoms with Gasteiger partial charge in [-0.05, 0) is 48.2 Å². The van der Waals surface area contributed by atoms with Crippen molar-refractivity contribution in [2.75, 3.05) is 0 Å². The summed E-state index contributed by atoms with van der Waals surface area (Å²) in [5.41, 5.74) is 2.24. The van der Waals surface area contributed by atoms with Crippen molar-refractivity contribution >= 4 is 58.2 Å². The topological polar surface area (TPSA) is 0 Å². The summed E-state index contributed by atoms with van der Waals surface area (Å²) < 4.78 is 0. The van der Waals surface area contributed by atoms with Crippen molar-refractivity contribution in [3.05, 3.63) is 92.9 Å². The Kier molecular flexibility index (Phi) is 8.25. The van der Waals surface area contributed by atoms with Gasteiger partial charge in [-0.25, -0.2) is 0 Å². The van der Waals surface area contributed by atoms with Gasteiger partial charge in [0.15, 0.2) is 0 Å². The Hall–Kier alpha value is -0.570. The minimum absolute atomic E-state index is 0.201. The van der Waals surface area contributed by atoms with E-state index in [1.165, 1.54) is 0 Å². The molecule has 2 aromatic rings. The average Bonchev–Trinajstić information content (AvgIpc) is 2.59. The minimum Gasteiger partial charge on any atom is -0.145 e. The van der Waals surface area contributed by atoms with Crippen LogP contribution in [0, 0.1) is 0 Å². The highest BCUT2D eigenvalue weighted by Crippen LogP contribution is 2.46. The summed E-state index contributed by atoms with van der Waals surface area (Å²) in [6, 6.07) is 11.5. The summed E-state index contributed by atoms with van der Waals surface area (Å²) in [4.78, 5) is 0. The lowest BCUT2D eigenvalue weighted by Gasteiger charge is -2.23. The maximum absolute atomic E-state index is 6.20. The van der Waals surface area contributed by atoms with Gasteiger partial charge in [0.05, 0.1) is 20.1 Å². The normalized spacial score (nSPS) is 13.3.